The van der Waals surface area contributed by atoms with Crippen molar-refractivity contribution in [3.05, 3.63) is 112 Å². The van der Waals surface area contributed by atoms with Gasteiger partial charge in [0.15, 0.2) is 4.80 Å². The molecule has 6 nitrogen and oxygen atoms in total. The van der Waals surface area contributed by atoms with Crippen molar-refractivity contribution in [1.29, 1.82) is 0 Å². The Hall–Kier alpha value is -3.49. The van der Waals surface area contributed by atoms with Crippen molar-refractivity contribution in [1.82, 2.24) is 4.57 Å². The van der Waals surface area contributed by atoms with E-state index in [1.54, 1.807) is 24.5 Å². The van der Waals surface area contributed by atoms with E-state index in [1.165, 1.54) is 11.3 Å². The molecule has 1 aliphatic rings. The molecule has 1 aliphatic heterocycles. The van der Waals surface area contributed by atoms with Gasteiger partial charge < -0.3 is 9.15 Å². The molecule has 0 aliphatic carbocycles. The first-order valence-electron chi connectivity index (χ1n) is 11.9. The van der Waals surface area contributed by atoms with Crippen LogP contribution in [0.2, 0.25) is 0 Å². The molecular formula is C29H25BrN2O4S. The quantitative estimate of drug-likeness (QED) is 0.297. The fraction of sp³-hybridized carbons (Fsp3) is 0.207. The molecule has 0 amide bonds. The maximum atomic E-state index is 13.7. The second kappa shape index (κ2) is 10.1. The van der Waals surface area contributed by atoms with E-state index in [2.05, 4.69) is 20.9 Å². The first kappa shape index (κ1) is 25.2. The molecule has 0 N–H and O–H groups in total. The van der Waals surface area contributed by atoms with Crippen LogP contribution >= 0.6 is 27.3 Å². The molecule has 37 heavy (non-hydrogen) atoms. The molecular weight excluding hydrogens is 552 g/mol. The van der Waals surface area contributed by atoms with Gasteiger partial charge in [0.1, 0.15) is 11.5 Å². The molecule has 188 valence electrons. The van der Waals surface area contributed by atoms with E-state index in [-0.39, 0.29) is 12.2 Å². The summed E-state index contributed by atoms with van der Waals surface area (Å²) in [7, 11) is 0. The average Bonchev–Trinajstić information content (AvgIpc) is 3.43. The lowest BCUT2D eigenvalue weighted by molar-refractivity contribution is -0.139. The first-order chi connectivity index (χ1) is 17.8. The molecule has 0 spiro atoms. The summed E-state index contributed by atoms with van der Waals surface area (Å²) >= 11 is 4.87. The summed E-state index contributed by atoms with van der Waals surface area (Å²) in [5.74, 6) is 0.785. The monoisotopic (exact) mass is 576 g/mol. The van der Waals surface area contributed by atoms with Gasteiger partial charge in [-0.1, -0.05) is 63.2 Å². The number of furan rings is 1. The molecule has 0 saturated carbocycles. The zero-order chi connectivity index (χ0) is 26.3. The number of aromatic nitrogens is 1. The van der Waals surface area contributed by atoms with Crippen LogP contribution < -0.4 is 14.9 Å². The lowest BCUT2D eigenvalue weighted by Gasteiger charge is -2.24. The predicted molar refractivity (Wildman–Crippen MR) is 148 cm³/mol. The van der Waals surface area contributed by atoms with Crippen molar-refractivity contribution in [2.45, 2.75) is 33.7 Å². The Bertz CT molecular complexity index is 1720. The molecule has 2 aromatic carbocycles. The highest BCUT2D eigenvalue weighted by atomic mass is 79.9. The van der Waals surface area contributed by atoms with Crippen LogP contribution in [0.25, 0.3) is 17.4 Å². The number of ether oxygens (including phenoxy) is 1. The van der Waals surface area contributed by atoms with Gasteiger partial charge in [0, 0.05) is 16.1 Å². The molecule has 0 fully saturated rings. The van der Waals surface area contributed by atoms with Gasteiger partial charge in [-0.2, -0.15) is 0 Å². The number of nitrogens with zero attached hydrogens (tertiary/aromatic N) is 2. The summed E-state index contributed by atoms with van der Waals surface area (Å²) in [6, 6.07) is 17.0. The number of benzene rings is 2. The molecule has 2 aromatic heterocycles. The zero-order valence-corrected chi connectivity index (χ0v) is 23.3. The van der Waals surface area contributed by atoms with Crippen LogP contribution in [0.3, 0.4) is 0 Å². The van der Waals surface area contributed by atoms with Crippen LogP contribution in [0, 0.1) is 13.8 Å². The highest BCUT2D eigenvalue weighted by Gasteiger charge is 2.33. The lowest BCUT2D eigenvalue weighted by Crippen LogP contribution is -2.39. The number of hydrogen-bond donors (Lipinski definition) is 0. The van der Waals surface area contributed by atoms with E-state index in [0.29, 0.717) is 32.1 Å². The molecule has 3 heterocycles. The van der Waals surface area contributed by atoms with Gasteiger partial charge in [-0.15, -0.1) is 0 Å². The van der Waals surface area contributed by atoms with Crippen molar-refractivity contribution in [2.75, 3.05) is 6.61 Å². The third-order valence-electron chi connectivity index (χ3n) is 6.20. The van der Waals surface area contributed by atoms with Gasteiger partial charge >= 0.3 is 5.97 Å². The van der Waals surface area contributed by atoms with E-state index in [9.17, 15) is 9.59 Å². The number of halogens is 1. The van der Waals surface area contributed by atoms with Crippen LogP contribution in [0.1, 0.15) is 42.3 Å². The zero-order valence-electron chi connectivity index (χ0n) is 20.9. The summed E-state index contributed by atoms with van der Waals surface area (Å²) in [6.07, 6.45) is 1.73. The Morgan fingerprint density at radius 2 is 1.84 bits per heavy atom. The minimum absolute atomic E-state index is 0.235. The largest absolute Gasteiger partial charge is 0.463 e. The van der Waals surface area contributed by atoms with Crippen LogP contribution in [-0.2, 0) is 9.53 Å². The molecule has 0 unspecified atom stereocenters. The van der Waals surface area contributed by atoms with Crippen molar-refractivity contribution in [2.24, 2.45) is 4.99 Å². The molecule has 8 heteroatoms. The molecule has 0 bridgehead atoms. The van der Waals surface area contributed by atoms with E-state index < -0.39 is 12.0 Å². The first-order valence-corrected chi connectivity index (χ1v) is 13.5. The van der Waals surface area contributed by atoms with Crippen molar-refractivity contribution < 1.29 is 13.9 Å². The number of thiazole rings is 1. The minimum atomic E-state index is -0.631. The average molecular weight is 578 g/mol. The number of carbonyl (C=O) groups is 1. The van der Waals surface area contributed by atoms with Gasteiger partial charge in [0.25, 0.3) is 5.56 Å². The van der Waals surface area contributed by atoms with Crippen LogP contribution in [0.4, 0.5) is 0 Å². The van der Waals surface area contributed by atoms with E-state index in [4.69, 9.17) is 9.15 Å². The fourth-order valence-electron chi connectivity index (χ4n) is 4.38. The lowest BCUT2D eigenvalue weighted by atomic mass is 9.95. The van der Waals surface area contributed by atoms with Crippen molar-refractivity contribution >= 4 is 39.3 Å². The Kier molecular flexibility index (Phi) is 6.88. The van der Waals surface area contributed by atoms with Gasteiger partial charge in [-0.05, 0) is 63.1 Å². The number of allylic oxidation sites excluding steroid dienone is 1. The normalized spacial score (nSPS) is 15.5. The Morgan fingerprint density at radius 3 is 2.54 bits per heavy atom. The third-order valence-corrected chi connectivity index (χ3v) is 7.84. The molecule has 5 rings (SSSR count). The number of rotatable bonds is 5. The van der Waals surface area contributed by atoms with Gasteiger partial charge in [0.2, 0.25) is 0 Å². The summed E-state index contributed by atoms with van der Waals surface area (Å²) in [5, 5.41) is 0. The summed E-state index contributed by atoms with van der Waals surface area (Å²) in [6.45, 7) is 7.80. The van der Waals surface area contributed by atoms with Crippen LogP contribution in [-0.4, -0.2) is 17.1 Å². The van der Waals surface area contributed by atoms with Crippen LogP contribution in [0.5, 0.6) is 0 Å². The van der Waals surface area contributed by atoms with Crippen molar-refractivity contribution in [3.63, 3.8) is 0 Å². The third kappa shape index (κ3) is 4.79. The maximum Gasteiger partial charge on any atom is 0.338 e. The summed E-state index contributed by atoms with van der Waals surface area (Å²) in [5.41, 5.74) is 4.65. The molecule has 0 saturated heterocycles. The highest BCUT2D eigenvalue weighted by Crippen LogP contribution is 2.32. The van der Waals surface area contributed by atoms with Crippen molar-refractivity contribution in [3.8, 4) is 11.3 Å². The molecule has 1 atom stereocenters. The number of aryl methyl sites for hydroxylation is 2. The van der Waals surface area contributed by atoms with E-state index in [1.807, 2.05) is 68.4 Å². The van der Waals surface area contributed by atoms with Gasteiger partial charge in [-0.3, -0.25) is 9.36 Å². The number of carbonyl (C=O) groups excluding carboxylic acids is 1. The summed E-state index contributed by atoms with van der Waals surface area (Å²) in [4.78, 5) is 31.9. The number of esters is 1. The molecule has 0 radical (unpaired) electrons. The van der Waals surface area contributed by atoms with Crippen LogP contribution in [0.15, 0.2) is 84.5 Å². The molecule has 4 aromatic rings. The Balaban J connectivity index is 1.63. The van der Waals surface area contributed by atoms with Gasteiger partial charge in [-0.25, -0.2) is 9.79 Å². The number of fused-ring (bicyclic) bond motifs is 1. The standard InChI is InChI=1S/C29H25BrN2O4S/c1-5-35-28(34)25-18(4)31-29-32(26(25)19-9-6-16(2)7-10-19)27(33)24(37-29)15-20-11-13-23(36-20)21-12-8-17(3)14-22(21)30/h6-15,26H,5H2,1-4H3/b24-15-/t26-/m1/s1. The van der Waals surface area contributed by atoms with Gasteiger partial charge in [0.05, 0.1) is 28.5 Å². The number of hydrogen-bond acceptors (Lipinski definition) is 6. The minimum Gasteiger partial charge on any atom is -0.463 e. The predicted octanol–water partition coefficient (Wildman–Crippen LogP) is 5.44. The maximum absolute atomic E-state index is 13.7. The van der Waals surface area contributed by atoms with E-state index >= 15 is 0 Å². The smallest absolute Gasteiger partial charge is 0.338 e. The SMILES string of the molecule is CCOC(=O)C1=C(C)N=c2s/c(=C\c3ccc(-c4ccc(C)cc4Br)o3)c(=O)n2[C@@H]1c1ccc(C)cc1. The van der Waals surface area contributed by atoms with E-state index in [0.717, 1.165) is 26.7 Å². The topological polar surface area (TPSA) is 73.8 Å². The Morgan fingerprint density at radius 1 is 1.11 bits per heavy atom. The Labute approximate surface area is 226 Å². The summed E-state index contributed by atoms with van der Waals surface area (Å²) < 4.78 is 14.4. The fourth-order valence-corrected chi connectivity index (χ4v) is 6.10. The highest BCUT2D eigenvalue weighted by molar-refractivity contribution is 9.10. The second-order valence-electron chi connectivity index (χ2n) is 8.90. The second-order valence-corrected chi connectivity index (χ2v) is 10.8.